The smallest absolute Gasteiger partial charge is 0.327 e. The average Bonchev–Trinajstić information content (AvgIpc) is 2.82. The van der Waals surface area contributed by atoms with Crippen molar-refractivity contribution in [3.63, 3.8) is 0 Å². The monoisotopic (exact) mass is 238 g/mol. The summed E-state index contributed by atoms with van der Waals surface area (Å²) in [5.41, 5.74) is 4.22. The third-order valence-corrected chi connectivity index (χ3v) is 3.32. The molecule has 1 saturated carbocycles. The van der Waals surface area contributed by atoms with Crippen molar-refractivity contribution in [1.29, 1.82) is 0 Å². The molecule has 0 bridgehead atoms. The van der Waals surface area contributed by atoms with Crippen molar-refractivity contribution in [2.24, 2.45) is 11.1 Å². The number of nitrogens with two attached hydrogens (primary N) is 1. The highest BCUT2D eigenvalue weighted by Gasteiger charge is 2.62. The Morgan fingerprint density at radius 3 is 2.06 bits per heavy atom. The molecule has 0 aliphatic heterocycles. The van der Waals surface area contributed by atoms with Gasteiger partial charge in [0.25, 0.3) is 0 Å². The summed E-state index contributed by atoms with van der Waals surface area (Å²) in [5.74, 6) is 0. The first kappa shape index (κ1) is 13.8. The molecule has 1 rings (SSSR count). The van der Waals surface area contributed by atoms with Crippen LogP contribution in [0.15, 0.2) is 0 Å². The van der Waals surface area contributed by atoms with Crippen LogP contribution < -0.4 is 11.1 Å². The van der Waals surface area contributed by atoms with E-state index in [1.807, 2.05) is 20.8 Å². The molecule has 1 fully saturated rings. The first-order chi connectivity index (χ1) is 7.08. The molecule has 0 aromatic rings. The summed E-state index contributed by atoms with van der Waals surface area (Å²) in [4.78, 5) is 0. The summed E-state index contributed by atoms with van der Waals surface area (Å²) in [6.07, 6.45) is -3.16. The van der Waals surface area contributed by atoms with Crippen molar-refractivity contribution < 1.29 is 13.2 Å². The third-order valence-electron chi connectivity index (χ3n) is 3.32. The van der Waals surface area contributed by atoms with E-state index in [-0.39, 0.29) is 24.3 Å². The van der Waals surface area contributed by atoms with E-state index in [1.54, 1.807) is 0 Å². The predicted molar refractivity (Wildman–Crippen MR) is 58.1 cm³/mol. The summed E-state index contributed by atoms with van der Waals surface area (Å²) >= 11 is 0. The highest BCUT2D eigenvalue weighted by Crippen LogP contribution is 2.48. The lowest BCUT2D eigenvalue weighted by atomic mass is 9.85. The van der Waals surface area contributed by atoms with Crippen LogP contribution >= 0.6 is 0 Å². The van der Waals surface area contributed by atoms with E-state index < -0.39 is 11.7 Å². The second kappa shape index (κ2) is 4.18. The molecule has 0 amide bonds. The van der Waals surface area contributed by atoms with Crippen LogP contribution in [-0.4, -0.2) is 24.3 Å². The maximum Gasteiger partial charge on any atom is 0.406 e. The number of rotatable bonds is 4. The van der Waals surface area contributed by atoms with Crippen LogP contribution in [0.2, 0.25) is 0 Å². The molecule has 5 heteroatoms. The van der Waals surface area contributed by atoms with Crippen molar-refractivity contribution in [1.82, 2.24) is 5.32 Å². The third kappa shape index (κ3) is 3.10. The second-order valence-electron chi connectivity index (χ2n) is 5.77. The molecule has 1 atom stereocenters. The molecular weight excluding hydrogens is 217 g/mol. The Labute approximate surface area is 94.8 Å². The van der Waals surface area contributed by atoms with Gasteiger partial charge in [-0.3, -0.25) is 0 Å². The van der Waals surface area contributed by atoms with Crippen molar-refractivity contribution in [2.75, 3.05) is 6.54 Å². The molecule has 0 heterocycles. The normalized spacial score (nSPS) is 21.9. The zero-order valence-electron chi connectivity index (χ0n) is 10.1. The fourth-order valence-corrected chi connectivity index (χ4v) is 1.59. The van der Waals surface area contributed by atoms with E-state index in [9.17, 15) is 13.2 Å². The van der Waals surface area contributed by atoms with E-state index in [2.05, 4.69) is 5.32 Å². The number of hydrogen-bond acceptors (Lipinski definition) is 2. The highest BCUT2D eigenvalue weighted by atomic mass is 19.4. The largest absolute Gasteiger partial charge is 0.406 e. The maximum atomic E-state index is 12.6. The molecule has 2 nitrogen and oxygen atoms in total. The summed E-state index contributed by atoms with van der Waals surface area (Å²) in [6.45, 7) is 6.31. The number of alkyl halides is 3. The summed E-state index contributed by atoms with van der Waals surface area (Å²) in [6, 6.07) is -0.0796. The molecule has 0 aromatic heterocycles. The van der Waals surface area contributed by atoms with Gasteiger partial charge in [-0.05, 0) is 31.2 Å². The van der Waals surface area contributed by atoms with Gasteiger partial charge in [0.05, 0.1) is 0 Å². The lowest BCUT2D eigenvalue weighted by Gasteiger charge is -2.28. The SMILES string of the molecule is CC(C)(C)C(N)CCNC1(C(F)(F)F)CC1. The molecule has 1 aliphatic carbocycles. The summed E-state index contributed by atoms with van der Waals surface area (Å²) in [5, 5.41) is 2.61. The van der Waals surface area contributed by atoms with E-state index in [0.717, 1.165) is 0 Å². The fraction of sp³-hybridized carbons (Fsp3) is 1.00. The Kier molecular flexibility index (Phi) is 3.60. The van der Waals surface area contributed by atoms with Gasteiger partial charge in [-0.2, -0.15) is 13.2 Å². The maximum absolute atomic E-state index is 12.6. The quantitative estimate of drug-likeness (QED) is 0.789. The van der Waals surface area contributed by atoms with Gasteiger partial charge in [-0.15, -0.1) is 0 Å². The molecule has 3 N–H and O–H groups in total. The van der Waals surface area contributed by atoms with E-state index >= 15 is 0 Å². The Morgan fingerprint density at radius 1 is 1.25 bits per heavy atom. The summed E-state index contributed by atoms with van der Waals surface area (Å²) < 4.78 is 37.7. The second-order valence-corrected chi connectivity index (χ2v) is 5.77. The zero-order valence-corrected chi connectivity index (χ0v) is 10.1. The standard InChI is InChI=1S/C11H21F3N2/c1-9(2,3)8(15)4-7-16-10(5-6-10)11(12,13)14/h8,16H,4-7,15H2,1-3H3. The lowest BCUT2D eigenvalue weighted by Crippen LogP contribution is -2.47. The Hall–Kier alpha value is -0.290. The van der Waals surface area contributed by atoms with Gasteiger partial charge < -0.3 is 11.1 Å². The number of halogens is 3. The van der Waals surface area contributed by atoms with Gasteiger partial charge in [-0.25, -0.2) is 0 Å². The van der Waals surface area contributed by atoms with Crippen molar-refractivity contribution in [2.45, 2.75) is 57.8 Å². The van der Waals surface area contributed by atoms with Crippen molar-refractivity contribution >= 4 is 0 Å². The van der Waals surface area contributed by atoms with Crippen LogP contribution in [0.1, 0.15) is 40.0 Å². The van der Waals surface area contributed by atoms with Crippen LogP contribution in [0.4, 0.5) is 13.2 Å². The van der Waals surface area contributed by atoms with Crippen molar-refractivity contribution in [3.05, 3.63) is 0 Å². The predicted octanol–water partition coefficient (Wildman–Crippen LogP) is 2.43. The van der Waals surface area contributed by atoms with Crippen LogP contribution in [0.25, 0.3) is 0 Å². The fourth-order valence-electron chi connectivity index (χ4n) is 1.59. The minimum absolute atomic E-state index is 0.0589. The number of hydrogen-bond donors (Lipinski definition) is 2. The van der Waals surface area contributed by atoms with Crippen LogP contribution in [0, 0.1) is 5.41 Å². The highest BCUT2D eigenvalue weighted by molar-refractivity contribution is 5.07. The minimum atomic E-state index is -4.13. The Bertz CT molecular complexity index is 239. The van der Waals surface area contributed by atoms with Crippen LogP contribution in [-0.2, 0) is 0 Å². The lowest BCUT2D eigenvalue weighted by molar-refractivity contribution is -0.165. The molecular formula is C11H21F3N2. The molecule has 1 unspecified atom stereocenters. The molecule has 0 spiro atoms. The first-order valence-electron chi connectivity index (χ1n) is 5.66. The van der Waals surface area contributed by atoms with Crippen LogP contribution in [0.5, 0.6) is 0 Å². The first-order valence-corrected chi connectivity index (χ1v) is 5.66. The molecule has 1 aliphatic rings. The molecule has 0 aromatic carbocycles. The van der Waals surface area contributed by atoms with E-state index in [0.29, 0.717) is 13.0 Å². The van der Waals surface area contributed by atoms with E-state index in [4.69, 9.17) is 5.73 Å². The van der Waals surface area contributed by atoms with Gasteiger partial charge in [0.15, 0.2) is 0 Å². The van der Waals surface area contributed by atoms with Gasteiger partial charge in [0.1, 0.15) is 5.54 Å². The molecule has 96 valence electrons. The van der Waals surface area contributed by atoms with Crippen molar-refractivity contribution in [3.8, 4) is 0 Å². The van der Waals surface area contributed by atoms with Gasteiger partial charge in [-0.1, -0.05) is 20.8 Å². The average molecular weight is 238 g/mol. The Morgan fingerprint density at radius 2 is 1.75 bits per heavy atom. The zero-order chi connectivity index (χ0) is 12.6. The minimum Gasteiger partial charge on any atom is -0.327 e. The van der Waals surface area contributed by atoms with Gasteiger partial charge in [0, 0.05) is 6.04 Å². The van der Waals surface area contributed by atoms with Gasteiger partial charge >= 0.3 is 6.18 Å². The summed E-state index contributed by atoms with van der Waals surface area (Å²) in [7, 11) is 0. The molecule has 0 radical (unpaired) electrons. The number of nitrogens with one attached hydrogen (secondary N) is 1. The molecule has 0 saturated heterocycles. The molecule has 16 heavy (non-hydrogen) atoms. The topological polar surface area (TPSA) is 38.0 Å². The van der Waals surface area contributed by atoms with E-state index in [1.165, 1.54) is 0 Å². The Balaban J connectivity index is 2.32. The van der Waals surface area contributed by atoms with Gasteiger partial charge in [0.2, 0.25) is 0 Å². The van der Waals surface area contributed by atoms with Crippen LogP contribution in [0.3, 0.4) is 0 Å².